The summed E-state index contributed by atoms with van der Waals surface area (Å²) in [5.74, 6) is 0.966. The number of fused-ring (bicyclic) bond motifs is 2. The maximum atomic E-state index is 10.9. The molecule has 0 fully saturated rings. The number of carbonyl (C=O) groups excluding carboxylic acids is 1. The molecule has 2 aromatic carbocycles. The topological polar surface area (TPSA) is 83.3 Å². The molecular formula is C21H23N5O. The Kier molecular flexibility index (Phi) is 4.78. The quantitative estimate of drug-likeness (QED) is 0.610. The number of nitrogens with two attached hydrogens (primary N) is 1. The molecule has 0 saturated carbocycles. The van der Waals surface area contributed by atoms with Crippen molar-refractivity contribution in [3.05, 3.63) is 65.7 Å². The molecule has 0 unspecified atom stereocenters. The Morgan fingerprint density at radius 1 is 1.07 bits per heavy atom. The smallest absolute Gasteiger partial charge is 0.312 e. The Morgan fingerprint density at radius 3 is 2.70 bits per heavy atom. The Morgan fingerprint density at radius 2 is 1.85 bits per heavy atom. The van der Waals surface area contributed by atoms with Gasteiger partial charge in [-0.05, 0) is 23.6 Å². The second-order valence-electron chi connectivity index (χ2n) is 6.70. The summed E-state index contributed by atoms with van der Waals surface area (Å²) >= 11 is 0. The minimum Gasteiger partial charge on any atom is -0.383 e. The standard InChI is InChI=1S/C21H23N5O/c22-21(27)24-11-10-23-19-13-20(25-18-8-4-3-7-17(18)19)26-12-9-15-5-1-2-6-16(15)14-26/h1-8,13H,9-12,14H2,(H,23,25)(H3,22,24,27). The molecular weight excluding hydrogens is 338 g/mol. The third kappa shape index (κ3) is 3.79. The normalized spacial score (nSPS) is 13.3. The van der Waals surface area contributed by atoms with E-state index in [1.165, 1.54) is 11.1 Å². The summed E-state index contributed by atoms with van der Waals surface area (Å²) in [4.78, 5) is 18.1. The molecule has 3 aromatic rings. The van der Waals surface area contributed by atoms with Crippen LogP contribution in [0.2, 0.25) is 0 Å². The van der Waals surface area contributed by atoms with Gasteiger partial charge in [-0.3, -0.25) is 0 Å². The fraction of sp³-hybridized carbons (Fsp3) is 0.238. The first-order chi connectivity index (χ1) is 13.2. The molecule has 0 bridgehead atoms. The number of nitrogens with zero attached hydrogens (tertiary/aromatic N) is 2. The predicted molar refractivity (Wildman–Crippen MR) is 109 cm³/mol. The molecule has 2 heterocycles. The van der Waals surface area contributed by atoms with Crippen molar-refractivity contribution < 1.29 is 4.79 Å². The van der Waals surface area contributed by atoms with Crippen LogP contribution in [-0.4, -0.2) is 30.6 Å². The van der Waals surface area contributed by atoms with Gasteiger partial charge in [-0.1, -0.05) is 42.5 Å². The van der Waals surface area contributed by atoms with Crippen LogP contribution >= 0.6 is 0 Å². The highest BCUT2D eigenvalue weighted by atomic mass is 16.2. The van der Waals surface area contributed by atoms with Crippen molar-refractivity contribution in [2.75, 3.05) is 29.9 Å². The van der Waals surface area contributed by atoms with Crippen LogP contribution in [0, 0.1) is 0 Å². The number of anilines is 2. The maximum Gasteiger partial charge on any atom is 0.312 e. The lowest BCUT2D eigenvalue weighted by atomic mass is 10.00. The van der Waals surface area contributed by atoms with Crippen molar-refractivity contribution in [3.8, 4) is 0 Å². The van der Waals surface area contributed by atoms with Gasteiger partial charge in [0.1, 0.15) is 5.82 Å². The minimum absolute atomic E-state index is 0.471. The number of nitrogens with one attached hydrogen (secondary N) is 2. The van der Waals surface area contributed by atoms with E-state index in [1.54, 1.807) is 0 Å². The minimum atomic E-state index is -0.510. The van der Waals surface area contributed by atoms with Gasteiger partial charge in [0, 0.05) is 43.3 Å². The largest absolute Gasteiger partial charge is 0.383 e. The second kappa shape index (κ2) is 7.53. The number of hydrogen-bond acceptors (Lipinski definition) is 4. The van der Waals surface area contributed by atoms with Crippen LogP contribution < -0.4 is 21.3 Å². The summed E-state index contributed by atoms with van der Waals surface area (Å²) in [6, 6.07) is 18.3. The SMILES string of the molecule is NC(=O)NCCNc1cc(N2CCc3ccccc3C2)nc2ccccc12. The molecule has 1 aromatic heterocycles. The first-order valence-corrected chi connectivity index (χ1v) is 9.19. The van der Waals surface area contributed by atoms with E-state index in [0.29, 0.717) is 13.1 Å². The van der Waals surface area contributed by atoms with Crippen LogP contribution in [0.1, 0.15) is 11.1 Å². The van der Waals surface area contributed by atoms with E-state index in [2.05, 4.69) is 51.9 Å². The highest BCUT2D eigenvalue weighted by molar-refractivity contribution is 5.93. The number of aromatic nitrogens is 1. The summed E-state index contributed by atoms with van der Waals surface area (Å²) in [6.45, 7) is 2.88. The summed E-state index contributed by atoms with van der Waals surface area (Å²) in [5, 5.41) is 7.08. The number of para-hydroxylation sites is 1. The fourth-order valence-corrected chi connectivity index (χ4v) is 3.54. The van der Waals surface area contributed by atoms with Crippen molar-refractivity contribution in [2.45, 2.75) is 13.0 Å². The number of pyridine rings is 1. The monoisotopic (exact) mass is 361 g/mol. The average molecular weight is 361 g/mol. The molecule has 4 rings (SSSR count). The molecule has 0 aliphatic carbocycles. The maximum absolute atomic E-state index is 10.9. The van der Waals surface area contributed by atoms with Crippen molar-refractivity contribution >= 4 is 28.4 Å². The Labute approximate surface area is 158 Å². The third-order valence-corrected chi connectivity index (χ3v) is 4.90. The molecule has 6 nitrogen and oxygen atoms in total. The van der Waals surface area contributed by atoms with Crippen molar-refractivity contribution in [3.63, 3.8) is 0 Å². The van der Waals surface area contributed by atoms with Crippen molar-refractivity contribution in [2.24, 2.45) is 5.73 Å². The number of primary amides is 1. The Bertz CT molecular complexity index is 972. The van der Waals surface area contributed by atoms with Crippen LogP contribution in [0.15, 0.2) is 54.6 Å². The predicted octanol–water partition coefficient (Wildman–Crippen LogP) is 2.88. The third-order valence-electron chi connectivity index (χ3n) is 4.90. The fourth-order valence-electron chi connectivity index (χ4n) is 3.54. The molecule has 0 atom stereocenters. The van der Waals surface area contributed by atoms with Crippen LogP contribution in [0.5, 0.6) is 0 Å². The lowest BCUT2D eigenvalue weighted by Gasteiger charge is -2.30. The summed E-state index contributed by atoms with van der Waals surface area (Å²) in [6.07, 6.45) is 1.02. The highest BCUT2D eigenvalue weighted by Gasteiger charge is 2.18. The summed E-state index contributed by atoms with van der Waals surface area (Å²) in [7, 11) is 0. The van der Waals surface area contributed by atoms with E-state index in [1.807, 2.05) is 18.2 Å². The number of carbonyl (C=O) groups is 1. The van der Waals surface area contributed by atoms with Gasteiger partial charge in [0.25, 0.3) is 0 Å². The number of rotatable bonds is 5. The van der Waals surface area contributed by atoms with Gasteiger partial charge < -0.3 is 21.3 Å². The molecule has 27 heavy (non-hydrogen) atoms. The lowest BCUT2D eigenvalue weighted by molar-refractivity contribution is 0.249. The number of amides is 2. The van der Waals surface area contributed by atoms with Crippen LogP contribution in [0.25, 0.3) is 10.9 Å². The zero-order valence-corrected chi connectivity index (χ0v) is 15.1. The van der Waals surface area contributed by atoms with E-state index < -0.39 is 6.03 Å². The summed E-state index contributed by atoms with van der Waals surface area (Å²) < 4.78 is 0. The van der Waals surface area contributed by atoms with Crippen LogP contribution in [0.4, 0.5) is 16.3 Å². The first kappa shape index (κ1) is 17.1. The average Bonchev–Trinajstić information content (AvgIpc) is 2.70. The first-order valence-electron chi connectivity index (χ1n) is 9.19. The zero-order valence-electron chi connectivity index (χ0n) is 15.1. The molecule has 2 amide bonds. The van der Waals surface area contributed by atoms with Crippen LogP contribution in [-0.2, 0) is 13.0 Å². The zero-order chi connectivity index (χ0) is 18.6. The van der Waals surface area contributed by atoms with Gasteiger partial charge in [0.15, 0.2) is 0 Å². The van der Waals surface area contributed by atoms with E-state index in [0.717, 1.165) is 41.9 Å². The molecule has 4 N–H and O–H groups in total. The van der Waals surface area contributed by atoms with E-state index in [4.69, 9.17) is 10.7 Å². The van der Waals surface area contributed by atoms with Gasteiger partial charge in [-0.25, -0.2) is 9.78 Å². The van der Waals surface area contributed by atoms with E-state index >= 15 is 0 Å². The lowest BCUT2D eigenvalue weighted by Crippen LogP contribution is -2.33. The van der Waals surface area contributed by atoms with Gasteiger partial charge in [0.05, 0.1) is 5.52 Å². The number of urea groups is 1. The summed E-state index contributed by atoms with van der Waals surface area (Å²) in [5.41, 5.74) is 9.88. The van der Waals surface area contributed by atoms with Crippen molar-refractivity contribution in [1.82, 2.24) is 10.3 Å². The van der Waals surface area contributed by atoms with Crippen LogP contribution in [0.3, 0.4) is 0 Å². The highest BCUT2D eigenvalue weighted by Crippen LogP contribution is 2.30. The second-order valence-corrected chi connectivity index (χ2v) is 6.70. The Balaban J connectivity index is 1.61. The number of benzene rings is 2. The molecule has 0 spiro atoms. The van der Waals surface area contributed by atoms with Gasteiger partial charge in [-0.2, -0.15) is 0 Å². The molecule has 1 aliphatic rings. The van der Waals surface area contributed by atoms with E-state index in [-0.39, 0.29) is 0 Å². The van der Waals surface area contributed by atoms with Gasteiger partial charge in [-0.15, -0.1) is 0 Å². The molecule has 0 radical (unpaired) electrons. The van der Waals surface area contributed by atoms with Gasteiger partial charge >= 0.3 is 6.03 Å². The van der Waals surface area contributed by atoms with E-state index in [9.17, 15) is 4.79 Å². The molecule has 0 saturated heterocycles. The molecule has 138 valence electrons. The van der Waals surface area contributed by atoms with Crippen molar-refractivity contribution in [1.29, 1.82) is 0 Å². The Hall–Kier alpha value is -3.28. The van der Waals surface area contributed by atoms with Gasteiger partial charge in [0.2, 0.25) is 0 Å². The molecule has 1 aliphatic heterocycles. The number of hydrogen-bond donors (Lipinski definition) is 3. The molecule has 6 heteroatoms.